The van der Waals surface area contributed by atoms with E-state index in [2.05, 4.69) is 15.9 Å². The first kappa shape index (κ1) is 15.9. The highest BCUT2D eigenvalue weighted by molar-refractivity contribution is 9.10. The third kappa shape index (κ3) is 4.50. The molecule has 23 heavy (non-hydrogen) atoms. The Morgan fingerprint density at radius 1 is 0.826 bits per heavy atom. The smallest absolute Gasteiger partial charge is 0.142 e. The first-order valence-electron chi connectivity index (χ1n) is 7.10. The van der Waals surface area contributed by atoms with Crippen LogP contribution in [0.4, 0.5) is 0 Å². The molecule has 0 unspecified atom stereocenters. The third-order valence-corrected chi connectivity index (χ3v) is 4.03. The number of para-hydroxylation sites is 1. The molecule has 0 heterocycles. The minimum atomic E-state index is 0.446. The summed E-state index contributed by atoms with van der Waals surface area (Å²) < 4.78 is 12.7. The standard InChI is InChI=1S/C19H14BrClO2/c20-15-8-6-14(7-9-15)13-22-19-12-17(10-11-18(19)21)23-16-4-2-1-3-5-16/h1-12H,13H2. The van der Waals surface area contributed by atoms with Gasteiger partial charge in [-0.05, 0) is 42.0 Å². The molecule has 0 spiro atoms. The quantitative estimate of drug-likeness (QED) is 0.497. The van der Waals surface area contributed by atoms with Crippen LogP contribution in [0.25, 0.3) is 0 Å². The van der Waals surface area contributed by atoms with Crippen molar-refractivity contribution in [1.29, 1.82) is 0 Å². The van der Waals surface area contributed by atoms with Gasteiger partial charge < -0.3 is 9.47 Å². The van der Waals surface area contributed by atoms with E-state index in [4.69, 9.17) is 21.1 Å². The fourth-order valence-electron chi connectivity index (χ4n) is 2.02. The molecule has 2 nitrogen and oxygen atoms in total. The fourth-order valence-corrected chi connectivity index (χ4v) is 2.46. The molecule has 0 saturated heterocycles. The van der Waals surface area contributed by atoms with Crippen LogP contribution in [0.3, 0.4) is 0 Å². The van der Waals surface area contributed by atoms with Crippen molar-refractivity contribution >= 4 is 27.5 Å². The summed E-state index contributed by atoms with van der Waals surface area (Å²) in [5.74, 6) is 2.06. The minimum Gasteiger partial charge on any atom is -0.487 e. The van der Waals surface area contributed by atoms with Gasteiger partial charge in [-0.3, -0.25) is 0 Å². The summed E-state index contributed by atoms with van der Waals surface area (Å²) in [6, 6.07) is 23.0. The van der Waals surface area contributed by atoms with Crippen molar-refractivity contribution in [2.24, 2.45) is 0 Å². The number of halogens is 2. The number of hydrogen-bond acceptors (Lipinski definition) is 2. The highest BCUT2D eigenvalue weighted by atomic mass is 79.9. The van der Waals surface area contributed by atoms with Gasteiger partial charge in [0.25, 0.3) is 0 Å². The van der Waals surface area contributed by atoms with Gasteiger partial charge in [-0.2, -0.15) is 0 Å². The molecule has 0 radical (unpaired) electrons. The largest absolute Gasteiger partial charge is 0.487 e. The number of ether oxygens (including phenoxy) is 2. The van der Waals surface area contributed by atoms with E-state index in [-0.39, 0.29) is 0 Å². The zero-order chi connectivity index (χ0) is 16.1. The predicted molar refractivity (Wildman–Crippen MR) is 96.4 cm³/mol. The van der Waals surface area contributed by atoms with E-state index in [1.54, 1.807) is 12.1 Å². The van der Waals surface area contributed by atoms with Gasteiger partial charge in [-0.25, -0.2) is 0 Å². The Morgan fingerprint density at radius 3 is 2.30 bits per heavy atom. The summed E-state index contributed by atoms with van der Waals surface area (Å²) in [5.41, 5.74) is 1.07. The van der Waals surface area contributed by atoms with E-state index in [1.165, 1.54) is 0 Å². The average Bonchev–Trinajstić information content (AvgIpc) is 2.58. The van der Waals surface area contributed by atoms with Crippen molar-refractivity contribution in [3.8, 4) is 17.2 Å². The molecule has 0 fully saturated rings. The minimum absolute atomic E-state index is 0.446. The SMILES string of the molecule is Clc1ccc(Oc2ccccc2)cc1OCc1ccc(Br)cc1. The summed E-state index contributed by atoms with van der Waals surface area (Å²) in [6.07, 6.45) is 0. The number of benzene rings is 3. The average molecular weight is 390 g/mol. The molecule has 3 aromatic carbocycles. The van der Waals surface area contributed by atoms with Crippen molar-refractivity contribution in [3.63, 3.8) is 0 Å². The maximum absolute atomic E-state index is 6.20. The Balaban J connectivity index is 1.71. The lowest BCUT2D eigenvalue weighted by Crippen LogP contribution is -1.96. The maximum Gasteiger partial charge on any atom is 0.142 e. The van der Waals surface area contributed by atoms with Gasteiger partial charge in [0.2, 0.25) is 0 Å². The molecule has 0 atom stereocenters. The van der Waals surface area contributed by atoms with Crippen LogP contribution in [-0.2, 0) is 6.61 Å². The van der Waals surface area contributed by atoms with Gasteiger partial charge in [-0.15, -0.1) is 0 Å². The Labute approximate surface area is 148 Å². The number of hydrogen-bond donors (Lipinski definition) is 0. The molecule has 0 saturated carbocycles. The second-order valence-corrected chi connectivity index (χ2v) is 6.25. The van der Waals surface area contributed by atoms with Crippen LogP contribution in [0.1, 0.15) is 5.56 Å². The molecule has 0 aliphatic rings. The first-order chi connectivity index (χ1) is 11.2. The zero-order valence-corrected chi connectivity index (χ0v) is 14.5. The molecule has 3 rings (SSSR count). The van der Waals surface area contributed by atoms with Crippen molar-refractivity contribution < 1.29 is 9.47 Å². The van der Waals surface area contributed by atoms with E-state index >= 15 is 0 Å². The zero-order valence-electron chi connectivity index (χ0n) is 12.2. The van der Waals surface area contributed by atoms with Crippen molar-refractivity contribution in [3.05, 3.63) is 87.9 Å². The van der Waals surface area contributed by atoms with Gasteiger partial charge in [0.05, 0.1) is 5.02 Å². The van der Waals surface area contributed by atoms with E-state index in [1.807, 2.05) is 60.7 Å². The van der Waals surface area contributed by atoms with E-state index in [0.717, 1.165) is 15.8 Å². The van der Waals surface area contributed by atoms with Crippen molar-refractivity contribution in [2.75, 3.05) is 0 Å². The Morgan fingerprint density at radius 2 is 1.57 bits per heavy atom. The van der Waals surface area contributed by atoms with Gasteiger partial charge >= 0.3 is 0 Å². The van der Waals surface area contributed by atoms with Crippen LogP contribution in [0.5, 0.6) is 17.2 Å². The van der Waals surface area contributed by atoms with E-state index in [0.29, 0.717) is 23.1 Å². The van der Waals surface area contributed by atoms with Gasteiger partial charge in [0.1, 0.15) is 23.9 Å². The van der Waals surface area contributed by atoms with Crippen LogP contribution >= 0.6 is 27.5 Å². The number of rotatable bonds is 5. The normalized spacial score (nSPS) is 10.3. The molecule has 116 valence electrons. The molecule has 0 aliphatic carbocycles. The van der Waals surface area contributed by atoms with Crippen molar-refractivity contribution in [1.82, 2.24) is 0 Å². The lowest BCUT2D eigenvalue weighted by molar-refractivity contribution is 0.305. The fraction of sp³-hybridized carbons (Fsp3) is 0.0526. The van der Waals surface area contributed by atoms with Gasteiger partial charge in [-0.1, -0.05) is 57.9 Å². The predicted octanol–water partition coefficient (Wildman–Crippen LogP) is 6.47. The molecule has 0 amide bonds. The Kier molecular flexibility index (Phi) is 5.21. The summed E-state index contributed by atoms with van der Waals surface area (Å²) in [4.78, 5) is 0. The topological polar surface area (TPSA) is 18.5 Å². The van der Waals surface area contributed by atoms with Crippen LogP contribution in [0, 0.1) is 0 Å². The second kappa shape index (κ2) is 7.53. The summed E-state index contributed by atoms with van der Waals surface area (Å²) in [6.45, 7) is 0.446. The maximum atomic E-state index is 6.20. The molecular weight excluding hydrogens is 376 g/mol. The van der Waals surface area contributed by atoms with E-state index in [9.17, 15) is 0 Å². The van der Waals surface area contributed by atoms with Gasteiger partial charge in [0.15, 0.2) is 0 Å². The monoisotopic (exact) mass is 388 g/mol. The molecule has 0 bridgehead atoms. The molecule has 0 aliphatic heterocycles. The van der Waals surface area contributed by atoms with Gasteiger partial charge in [0, 0.05) is 10.5 Å². The molecule has 0 N–H and O–H groups in total. The van der Waals surface area contributed by atoms with Crippen LogP contribution in [0.15, 0.2) is 77.3 Å². The van der Waals surface area contributed by atoms with Crippen molar-refractivity contribution in [2.45, 2.75) is 6.61 Å². The Bertz CT molecular complexity index is 773. The lowest BCUT2D eigenvalue weighted by atomic mass is 10.2. The lowest BCUT2D eigenvalue weighted by Gasteiger charge is -2.11. The molecule has 4 heteroatoms. The Hall–Kier alpha value is -1.97. The summed E-state index contributed by atoms with van der Waals surface area (Å²) in [7, 11) is 0. The summed E-state index contributed by atoms with van der Waals surface area (Å²) in [5, 5.41) is 0.558. The summed E-state index contributed by atoms with van der Waals surface area (Å²) >= 11 is 9.62. The molecule has 3 aromatic rings. The molecular formula is C19H14BrClO2. The van der Waals surface area contributed by atoms with E-state index < -0.39 is 0 Å². The third-order valence-electron chi connectivity index (χ3n) is 3.19. The molecule has 0 aromatic heterocycles. The highest BCUT2D eigenvalue weighted by Crippen LogP contribution is 2.32. The van der Waals surface area contributed by atoms with Crippen LogP contribution < -0.4 is 9.47 Å². The highest BCUT2D eigenvalue weighted by Gasteiger charge is 2.06. The first-order valence-corrected chi connectivity index (χ1v) is 8.27. The van der Waals surface area contributed by atoms with Crippen LogP contribution in [-0.4, -0.2) is 0 Å². The second-order valence-electron chi connectivity index (χ2n) is 4.92. The van der Waals surface area contributed by atoms with Crippen LogP contribution in [0.2, 0.25) is 5.02 Å².